The Morgan fingerprint density at radius 3 is 2.12 bits per heavy atom. The number of aryl methyl sites for hydroxylation is 1. The van der Waals surface area contributed by atoms with Gasteiger partial charge in [0.2, 0.25) is 0 Å². The van der Waals surface area contributed by atoms with Gasteiger partial charge in [-0.05, 0) is 35.6 Å². The van der Waals surface area contributed by atoms with Crippen LogP contribution < -0.4 is 15.5 Å². The number of anilines is 1. The molecule has 1 unspecified atom stereocenters. The van der Waals surface area contributed by atoms with E-state index >= 15 is 0 Å². The van der Waals surface area contributed by atoms with Crippen molar-refractivity contribution in [2.45, 2.75) is 33.1 Å². The van der Waals surface area contributed by atoms with Crippen LogP contribution in [-0.4, -0.2) is 19.2 Å². The monoisotopic (exact) mass is 433 g/mol. The summed E-state index contributed by atoms with van der Waals surface area (Å²) in [6, 6.07) is 12.6. The number of benzene rings is 2. The van der Waals surface area contributed by atoms with E-state index in [1.165, 1.54) is 16.6 Å². The quantitative estimate of drug-likeness (QED) is 0.539. The normalized spacial score (nSPS) is 11.2. The summed E-state index contributed by atoms with van der Waals surface area (Å²) in [6.45, 7) is 8.61. The fourth-order valence-corrected chi connectivity index (χ4v) is 3.87. The SMILES string of the molecule is Cc1cc(C(C)(C)C)cc(Pc2ccccc2N(C)C)c1O.[Cl][Ti][Cl]. The average Bonchev–Trinajstić information content (AvgIpc) is 2.51. The van der Waals surface area contributed by atoms with Crippen molar-refractivity contribution in [1.29, 1.82) is 0 Å². The Bertz CT molecular complexity index is 702. The number of para-hydroxylation sites is 1. The molecule has 2 rings (SSSR count). The Morgan fingerprint density at radius 1 is 1.04 bits per heavy atom. The van der Waals surface area contributed by atoms with Gasteiger partial charge in [0.15, 0.2) is 0 Å². The number of nitrogens with zero attached hydrogens (tertiary/aromatic N) is 1. The van der Waals surface area contributed by atoms with Crippen molar-refractivity contribution in [3.8, 4) is 5.75 Å². The van der Waals surface area contributed by atoms with E-state index in [-0.39, 0.29) is 5.41 Å². The van der Waals surface area contributed by atoms with E-state index < -0.39 is 17.0 Å². The van der Waals surface area contributed by atoms with Gasteiger partial charge in [-0.3, -0.25) is 0 Å². The molecule has 0 aliphatic heterocycles. The predicted molar refractivity (Wildman–Crippen MR) is 112 cm³/mol. The Kier molecular flexibility index (Phi) is 9.30. The summed E-state index contributed by atoms with van der Waals surface area (Å²) in [7, 11) is 14.3. The number of phenolic OH excluding ortho intramolecular Hbond substituents is 1. The van der Waals surface area contributed by atoms with E-state index in [2.05, 4.69) is 76.2 Å². The van der Waals surface area contributed by atoms with Gasteiger partial charge in [0.05, 0.1) is 0 Å². The van der Waals surface area contributed by atoms with Gasteiger partial charge < -0.3 is 10.0 Å². The summed E-state index contributed by atoms with van der Waals surface area (Å²) >= 11 is -0.556. The van der Waals surface area contributed by atoms with Gasteiger partial charge in [-0.2, -0.15) is 0 Å². The fourth-order valence-electron chi connectivity index (χ4n) is 2.42. The van der Waals surface area contributed by atoms with Gasteiger partial charge in [0.25, 0.3) is 0 Å². The van der Waals surface area contributed by atoms with Crippen molar-refractivity contribution in [2.24, 2.45) is 0 Å². The molecule has 1 N–H and O–H groups in total. The van der Waals surface area contributed by atoms with Crippen LogP contribution in [0.5, 0.6) is 5.75 Å². The molecule has 0 aliphatic rings. The second-order valence-electron chi connectivity index (χ2n) is 7.05. The zero-order chi connectivity index (χ0) is 19.2. The molecule has 0 saturated heterocycles. The Balaban J connectivity index is 0.000000970. The molecule has 25 heavy (non-hydrogen) atoms. The summed E-state index contributed by atoms with van der Waals surface area (Å²) < 4.78 is 0. The number of phenols is 1. The number of hydrogen-bond donors (Lipinski definition) is 1. The molecule has 2 aromatic carbocycles. The van der Waals surface area contributed by atoms with Gasteiger partial charge in [0.1, 0.15) is 5.75 Å². The average molecular weight is 434 g/mol. The summed E-state index contributed by atoms with van der Waals surface area (Å²) in [4.78, 5) is 2.12. The van der Waals surface area contributed by atoms with E-state index in [1.807, 2.05) is 6.92 Å². The summed E-state index contributed by atoms with van der Waals surface area (Å²) in [5.41, 5.74) is 3.52. The molecule has 0 saturated carbocycles. The van der Waals surface area contributed by atoms with E-state index in [0.29, 0.717) is 14.3 Å². The maximum atomic E-state index is 10.5. The van der Waals surface area contributed by atoms with Crippen LogP contribution in [0.15, 0.2) is 36.4 Å². The predicted octanol–water partition coefficient (Wildman–Crippen LogP) is 5.07. The first-order valence-electron chi connectivity index (χ1n) is 7.95. The summed E-state index contributed by atoms with van der Waals surface area (Å²) in [5.74, 6) is 0.430. The first kappa shape index (κ1) is 22.8. The van der Waals surface area contributed by atoms with Crippen LogP contribution in [0.1, 0.15) is 31.9 Å². The van der Waals surface area contributed by atoms with Gasteiger partial charge in [-0.25, -0.2) is 0 Å². The van der Waals surface area contributed by atoms with Crippen molar-refractivity contribution in [1.82, 2.24) is 0 Å². The van der Waals surface area contributed by atoms with Crippen molar-refractivity contribution in [3.63, 3.8) is 0 Å². The van der Waals surface area contributed by atoms with E-state index in [0.717, 1.165) is 10.9 Å². The molecule has 0 amide bonds. The number of aromatic hydroxyl groups is 1. The molecule has 1 atom stereocenters. The second-order valence-corrected chi connectivity index (χ2v) is 11.0. The van der Waals surface area contributed by atoms with Crippen molar-refractivity contribution in [2.75, 3.05) is 19.0 Å². The van der Waals surface area contributed by atoms with Gasteiger partial charge in [-0.1, -0.05) is 53.6 Å². The van der Waals surface area contributed by atoms with Crippen LogP contribution in [0.3, 0.4) is 0 Å². The maximum absolute atomic E-state index is 10.5. The van der Waals surface area contributed by atoms with Crippen LogP contribution in [-0.2, 0) is 22.4 Å². The van der Waals surface area contributed by atoms with Crippen LogP contribution in [0.25, 0.3) is 0 Å². The molecule has 6 heteroatoms. The third-order valence-corrected chi connectivity index (χ3v) is 5.16. The van der Waals surface area contributed by atoms with Crippen molar-refractivity contribution >= 4 is 43.5 Å². The number of hydrogen-bond acceptors (Lipinski definition) is 2. The van der Waals surface area contributed by atoms with Gasteiger partial charge in [-0.15, -0.1) is 0 Å². The fraction of sp³-hybridized carbons (Fsp3) is 0.368. The molecule has 0 bridgehead atoms. The summed E-state index contributed by atoms with van der Waals surface area (Å²) in [5, 5.41) is 12.8. The van der Waals surface area contributed by atoms with E-state index in [1.54, 1.807) is 0 Å². The van der Waals surface area contributed by atoms with Crippen LogP contribution in [0.4, 0.5) is 5.69 Å². The number of rotatable bonds is 3. The number of halogens is 2. The molecule has 0 spiro atoms. The topological polar surface area (TPSA) is 23.5 Å². The Morgan fingerprint density at radius 2 is 1.60 bits per heavy atom. The minimum absolute atomic E-state index is 0.0821. The molecular formula is C19H26Cl2NOPTi. The van der Waals surface area contributed by atoms with Crippen LogP contribution in [0, 0.1) is 6.92 Å². The zero-order valence-corrected chi connectivity index (χ0v) is 19.7. The third-order valence-electron chi connectivity index (χ3n) is 3.82. The standard InChI is InChI=1S/C19H26NOP.2ClH.Ti/c1-13-11-14(19(2,3)4)12-17(18(13)21)22-16-10-8-7-9-15(16)20(5)6;;;/h7-12,21-22H,1-6H3;2*1H;/q;;;+2/p-2. The first-order chi connectivity index (χ1) is 11.6. The second kappa shape index (κ2) is 10.2. The Labute approximate surface area is 170 Å². The molecule has 0 aliphatic carbocycles. The molecule has 0 aromatic heterocycles. The molecule has 0 heterocycles. The van der Waals surface area contributed by atoms with E-state index in [4.69, 9.17) is 18.6 Å². The van der Waals surface area contributed by atoms with Crippen LogP contribution >= 0.6 is 27.2 Å². The minimum atomic E-state index is -0.556. The summed E-state index contributed by atoms with van der Waals surface area (Å²) in [6.07, 6.45) is 0. The van der Waals surface area contributed by atoms with Crippen molar-refractivity contribution < 1.29 is 22.1 Å². The Hall–Kier alpha value is -0.236. The zero-order valence-electron chi connectivity index (χ0n) is 15.6. The molecular weight excluding hydrogens is 408 g/mol. The molecule has 136 valence electrons. The van der Waals surface area contributed by atoms with Crippen molar-refractivity contribution in [3.05, 3.63) is 47.5 Å². The van der Waals surface area contributed by atoms with Gasteiger partial charge >= 0.3 is 35.6 Å². The first-order valence-corrected chi connectivity index (χ1v) is 13.2. The molecule has 2 nitrogen and oxygen atoms in total. The third kappa shape index (κ3) is 6.77. The molecule has 0 radical (unpaired) electrons. The molecule has 0 fully saturated rings. The molecule has 2 aromatic rings. The van der Waals surface area contributed by atoms with E-state index in [9.17, 15) is 5.11 Å². The van der Waals surface area contributed by atoms with Crippen LogP contribution in [0.2, 0.25) is 0 Å². The van der Waals surface area contributed by atoms with Gasteiger partial charge in [0, 0.05) is 30.4 Å².